The summed E-state index contributed by atoms with van der Waals surface area (Å²) in [7, 11) is 0. The lowest BCUT2D eigenvalue weighted by molar-refractivity contribution is 0.512. The molecule has 5 rings (SSSR count). The van der Waals surface area contributed by atoms with Gasteiger partial charge in [-0.3, -0.25) is 13.8 Å². The smallest absolute Gasteiger partial charge is 0.262 e. The molecule has 10 heteroatoms. The van der Waals surface area contributed by atoms with Gasteiger partial charge in [-0.2, -0.15) is 0 Å². The maximum Gasteiger partial charge on any atom is 0.262 e. The van der Waals surface area contributed by atoms with Crippen molar-refractivity contribution in [3.05, 3.63) is 58.0 Å². The Hall–Kier alpha value is -2.98. The van der Waals surface area contributed by atoms with Crippen LogP contribution in [0.25, 0.3) is 27.4 Å². The summed E-state index contributed by atoms with van der Waals surface area (Å²) in [4.78, 5) is 14.0. The van der Waals surface area contributed by atoms with Crippen LogP contribution in [0.15, 0.2) is 56.1 Å². The molecule has 0 saturated carbocycles. The molecule has 0 saturated heterocycles. The molecule has 0 atom stereocenters. The number of benzene rings is 1. The van der Waals surface area contributed by atoms with Crippen molar-refractivity contribution in [1.29, 1.82) is 0 Å². The zero-order valence-electron chi connectivity index (χ0n) is 17.1. The zero-order valence-corrected chi connectivity index (χ0v) is 18.7. The van der Waals surface area contributed by atoms with Crippen molar-refractivity contribution in [2.75, 3.05) is 0 Å². The molecule has 4 aromatic heterocycles. The molecule has 0 radical (unpaired) electrons. The van der Waals surface area contributed by atoms with Crippen LogP contribution in [-0.2, 0) is 12.3 Å². The van der Waals surface area contributed by atoms with Crippen molar-refractivity contribution < 1.29 is 4.42 Å². The Balaban J connectivity index is 1.52. The molecule has 0 amide bonds. The highest BCUT2D eigenvalue weighted by Crippen LogP contribution is 2.27. The Morgan fingerprint density at radius 3 is 2.77 bits per heavy atom. The topological polar surface area (TPSA) is 91.1 Å². The summed E-state index contributed by atoms with van der Waals surface area (Å²) >= 11 is 3.01. The van der Waals surface area contributed by atoms with Gasteiger partial charge in [-0.15, -0.1) is 31.7 Å². The summed E-state index contributed by atoms with van der Waals surface area (Å²) < 4.78 is 9.45. The molecule has 158 valence electrons. The highest BCUT2D eigenvalue weighted by atomic mass is 32.2. The number of para-hydroxylation sites is 1. The zero-order chi connectivity index (χ0) is 21.4. The Morgan fingerprint density at radius 1 is 1.10 bits per heavy atom. The number of hydrogen-bond donors (Lipinski definition) is 0. The van der Waals surface area contributed by atoms with Crippen LogP contribution in [0, 0.1) is 5.92 Å². The van der Waals surface area contributed by atoms with E-state index in [1.807, 2.05) is 46.2 Å². The third kappa shape index (κ3) is 3.77. The van der Waals surface area contributed by atoms with Crippen LogP contribution in [0.1, 0.15) is 26.2 Å². The highest BCUT2D eigenvalue weighted by molar-refractivity contribution is 7.98. The van der Waals surface area contributed by atoms with E-state index in [-0.39, 0.29) is 5.56 Å². The van der Waals surface area contributed by atoms with E-state index in [1.165, 1.54) is 11.8 Å². The normalized spacial score (nSPS) is 11.8. The second-order valence-electron chi connectivity index (χ2n) is 7.54. The van der Waals surface area contributed by atoms with Gasteiger partial charge in [-0.05, 0) is 35.9 Å². The van der Waals surface area contributed by atoms with Crippen LogP contribution in [0.4, 0.5) is 0 Å². The molecule has 0 aliphatic rings. The minimum atomic E-state index is -0.0369. The largest absolute Gasteiger partial charge is 0.419 e. The van der Waals surface area contributed by atoms with Gasteiger partial charge in [0.05, 0.1) is 21.5 Å². The average Bonchev–Trinajstić information content (AvgIpc) is 3.52. The van der Waals surface area contributed by atoms with Crippen LogP contribution in [0.5, 0.6) is 0 Å². The number of thiophene rings is 1. The molecular weight excluding hydrogens is 432 g/mol. The molecule has 4 heterocycles. The molecule has 0 fully saturated rings. The van der Waals surface area contributed by atoms with Crippen LogP contribution in [-0.4, -0.2) is 29.4 Å². The fourth-order valence-corrected chi connectivity index (χ4v) is 4.78. The standard InChI is InChI=1S/C21H20N6O2S2/c1-13(2)9-10-26-19(28)14-6-3-4-7-15(14)27-20(26)24-25-21(27)31-12-17-22-23-18(29-17)16-8-5-11-30-16/h3-8,11,13H,9-10,12H2,1-2H3. The summed E-state index contributed by atoms with van der Waals surface area (Å²) in [5.74, 6) is 2.52. The minimum absolute atomic E-state index is 0.0369. The molecular formula is C21H20N6O2S2. The number of aryl methyl sites for hydroxylation is 1. The third-order valence-electron chi connectivity index (χ3n) is 4.93. The van der Waals surface area contributed by atoms with Gasteiger partial charge in [-0.25, -0.2) is 0 Å². The predicted molar refractivity (Wildman–Crippen MR) is 121 cm³/mol. The van der Waals surface area contributed by atoms with E-state index in [4.69, 9.17) is 4.42 Å². The second-order valence-corrected chi connectivity index (χ2v) is 9.43. The minimum Gasteiger partial charge on any atom is -0.419 e. The highest BCUT2D eigenvalue weighted by Gasteiger charge is 2.18. The van der Waals surface area contributed by atoms with Crippen molar-refractivity contribution in [3.63, 3.8) is 0 Å². The molecule has 0 aliphatic heterocycles. The molecule has 0 N–H and O–H groups in total. The van der Waals surface area contributed by atoms with E-state index in [0.717, 1.165) is 16.8 Å². The second kappa shape index (κ2) is 8.27. The first-order chi connectivity index (χ1) is 15.1. The van der Waals surface area contributed by atoms with E-state index in [0.29, 0.717) is 46.3 Å². The summed E-state index contributed by atoms with van der Waals surface area (Å²) in [6.07, 6.45) is 0.886. The number of nitrogens with zero attached hydrogens (tertiary/aromatic N) is 6. The number of thioether (sulfide) groups is 1. The quantitative estimate of drug-likeness (QED) is 0.336. The maximum absolute atomic E-state index is 13.1. The first-order valence-corrected chi connectivity index (χ1v) is 11.8. The Morgan fingerprint density at radius 2 is 1.97 bits per heavy atom. The van der Waals surface area contributed by atoms with Crippen molar-refractivity contribution in [2.24, 2.45) is 5.92 Å². The Kier molecular flexibility index (Phi) is 5.33. The Labute approximate surface area is 185 Å². The van der Waals surface area contributed by atoms with Gasteiger partial charge in [0.2, 0.25) is 11.7 Å². The van der Waals surface area contributed by atoms with E-state index in [9.17, 15) is 4.79 Å². The van der Waals surface area contributed by atoms with Gasteiger partial charge in [-0.1, -0.05) is 43.8 Å². The van der Waals surface area contributed by atoms with Gasteiger partial charge >= 0.3 is 0 Å². The lowest BCUT2D eigenvalue weighted by Gasteiger charge is -2.12. The van der Waals surface area contributed by atoms with Gasteiger partial charge < -0.3 is 4.42 Å². The monoisotopic (exact) mass is 452 g/mol. The average molecular weight is 453 g/mol. The first-order valence-electron chi connectivity index (χ1n) is 9.97. The number of rotatable bonds is 7. The SMILES string of the molecule is CC(C)CCn1c(=O)c2ccccc2n2c(SCc3nnc(-c4cccs4)o3)nnc12. The summed E-state index contributed by atoms with van der Waals surface area (Å²) in [5.41, 5.74) is 0.755. The van der Waals surface area contributed by atoms with Crippen molar-refractivity contribution in [1.82, 2.24) is 29.4 Å². The number of hydrogen-bond acceptors (Lipinski definition) is 8. The van der Waals surface area contributed by atoms with E-state index < -0.39 is 0 Å². The van der Waals surface area contributed by atoms with E-state index in [1.54, 1.807) is 15.9 Å². The molecule has 0 bridgehead atoms. The molecule has 0 spiro atoms. The van der Waals surface area contributed by atoms with Crippen LogP contribution in [0.2, 0.25) is 0 Å². The fourth-order valence-electron chi connectivity index (χ4n) is 3.35. The van der Waals surface area contributed by atoms with Crippen LogP contribution >= 0.6 is 23.1 Å². The predicted octanol–water partition coefficient (Wildman–Crippen LogP) is 4.49. The Bertz CT molecular complexity index is 1400. The van der Waals surface area contributed by atoms with Gasteiger partial charge in [0.15, 0.2) is 5.16 Å². The molecule has 31 heavy (non-hydrogen) atoms. The fraction of sp³-hybridized carbons (Fsp3) is 0.286. The van der Waals surface area contributed by atoms with Crippen LogP contribution in [0.3, 0.4) is 0 Å². The molecule has 1 aromatic carbocycles. The third-order valence-corrected chi connectivity index (χ3v) is 6.70. The summed E-state index contributed by atoms with van der Waals surface area (Å²) in [6, 6.07) is 11.5. The van der Waals surface area contributed by atoms with Crippen molar-refractivity contribution >= 4 is 39.8 Å². The molecule has 5 aromatic rings. The van der Waals surface area contributed by atoms with Crippen LogP contribution < -0.4 is 5.56 Å². The van der Waals surface area contributed by atoms with E-state index >= 15 is 0 Å². The summed E-state index contributed by atoms with van der Waals surface area (Å²) in [5, 5.41) is 20.3. The number of aromatic nitrogens is 6. The summed E-state index contributed by atoms with van der Waals surface area (Å²) in [6.45, 7) is 4.88. The molecule has 8 nitrogen and oxygen atoms in total. The molecule has 0 unspecified atom stereocenters. The van der Waals surface area contributed by atoms with Crippen molar-refractivity contribution in [2.45, 2.75) is 37.7 Å². The van der Waals surface area contributed by atoms with Gasteiger partial charge in [0.25, 0.3) is 11.4 Å². The van der Waals surface area contributed by atoms with Crippen molar-refractivity contribution in [3.8, 4) is 10.8 Å². The molecule has 0 aliphatic carbocycles. The lowest BCUT2D eigenvalue weighted by atomic mass is 10.1. The van der Waals surface area contributed by atoms with Gasteiger partial charge in [0.1, 0.15) is 0 Å². The van der Waals surface area contributed by atoms with Gasteiger partial charge in [0, 0.05) is 6.54 Å². The number of fused-ring (bicyclic) bond motifs is 3. The first kappa shape index (κ1) is 20.0. The lowest BCUT2D eigenvalue weighted by Crippen LogP contribution is -2.24. The maximum atomic E-state index is 13.1. The van der Waals surface area contributed by atoms with E-state index in [2.05, 4.69) is 34.2 Å².